The summed E-state index contributed by atoms with van der Waals surface area (Å²) >= 11 is 5.79. The normalized spacial score (nSPS) is 11.2. The predicted molar refractivity (Wildman–Crippen MR) is 91.2 cm³/mol. The minimum absolute atomic E-state index is 0.211. The van der Waals surface area contributed by atoms with Crippen molar-refractivity contribution in [2.75, 3.05) is 12.3 Å². The number of amides is 1. The summed E-state index contributed by atoms with van der Waals surface area (Å²) in [6, 6.07) is 12.4. The van der Waals surface area contributed by atoms with Crippen LogP contribution in [0.1, 0.15) is 12.0 Å². The lowest BCUT2D eigenvalue weighted by Crippen LogP contribution is -2.27. The first-order chi connectivity index (χ1) is 11.4. The van der Waals surface area contributed by atoms with E-state index in [4.69, 9.17) is 11.6 Å². The molecule has 1 amide bonds. The van der Waals surface area contributed by atoms with Crippen molar-refractivity contribution in [2.45, 2.75) is 17.7 Å². The van der Waals surface area contributed by atoms with Crippen LogP contribution in [0.25, 0.3) is 0 Å². The average molecular weight is 370 g/mol. The molecule has 0 unspecified atom stereocenters. The summed E-state index contributed by atoms with van der Waals surface area (Å²) < 4.78 is 37.6. The van der Waals surface area contributed by atoms with Gasteiger partial charge in [-0.05, 0) is 36.2 Å². The summed E-state index contributed by atoms with van der Waals surface area (Å²) in [5.41, 5.74) is 1.01. The van der Waals surface area contributed by atoms with Crippen LogP contribution in [0, 0.1) is 5.82 Å². The first-order valence-electron chi connectivity index (χ1n) is 7.37. The molecule has 4 nitrogen and oxygen atoms in total. The molecule has 0 aliphatic heterocycles. The van der Waals surface area contributed by atoms with Gasteiger partial charge < -0.3 is 5.32 Å². The van der Waals surface area contributed by atoms with Crippen molar-refractivity contribution in [3.63, 3.8) is 0 Å². The molecule has 0 aliphatic rings. The van der Waals surface area contributed by atoms with Crippen LogP contribution in [0.2, 0.25) is 5.02 Å². The van der Waals surface area contributed by atoms with Crippen molar-refractivity contribution in [1.29, 1.82) is 0 Å². The van der Waals surface area contributed by atoms with Gasteiger partial charge in [0.05, 0.1) is 5.75 Å². The largest absolute Gasteiger partial charge is 0.356 e. The van der Waals surface area contributed by atoms with Crippen molar-refractivity contribution in [1.82, 2.24) is 5.32 Å². The molecule has 0 fully saturated rings. The third kappa shape index (κ3) is 5.32. The molecule has 0 aromatic heterocycles. The molecule has 2 rings (SSSR count). The van der Waals surface area contributed by atoms with Crippen LogP contribution in [0.4, 0.5) is 4.39 Å². The molecular weight excluding hydrogens is 353 g/mol. The number of nitrogens with one attached hydrogen (secondary N) is 1. The molecule has 0 bridgehead atoms. The number of halogens is 2. The fourth-order valence-corrected chi connectivity index (χ4v) is 3.57. The van der Waals surface area contributed by atoms with Gasteiger partial charge in [0.15, 0.2) is 9.84 Å². The van der Waals surface area contributed by atoms with Crippen LogP contribution in [0.15, 0.2) is 53.4 Å². The van der Waals surface area contributed by atoms with Crippen molar-refractivity contribution in [2.24, 2.45) is 0 Å². The van der Waals surface area contributed by atoms with Crippen LogP contribution < -0.4 is 5.32 Å². The Balaban J connectivity index is 1.80. The standard InChI is InChI=1S/C17H17ClFNO3S/c18-14-7-5-13(6-8-14)9-11-20-17(21)10-12-24(22,23)16-4-2-1-3-15(16)19/h1-8H,9-12H2,(H,20,21). The summed E-state index contributed by atoms with van der Waals surface area (Å²) in [6.07, 6.45) is 0.403. The number of carbonyl (C=O) groups is 1. The fourth-order valence-electron chi connectivity index (χ4n) is 2.12. The molecule has 0 atom stereocenters. The van der Waals surface area contributed by atoms with Gasteiger partial charge in [-0.15, -0.1) is 0 Å². The number of hydrogen-bond donors (Lipinski definition) is 1. The Morgan fingerprint density at radius 1 is 1.08 bits per heavy atom. The van der Waals surface area contributed by atoms with E-state index in [1.165, 1.54) is 18.2 Å². The monoisotopic (exact) mass is 369 g/mol. The van der Waals surface area contributed by atoms with E-state index >= 15 is 0 Å². The zero-order chi connectivity index (χ0) is 17.6. The molecule has 7 heteroatoms. The molecule has 0 aliphatic carbocycles. The molecule has 0 radical (unpaired) electrons. The Labute approximate surface area is 145 Å². The maximum atomic E-state index is 13.5. The van der Waals surface area contributed by atoms with Gasteiger partial charge in [-0.3, -0.25) is 4.79 Å². The summed E-state index contributed by atoms with van der Waals surface area (Å²) in [4.78, 5) is 11.4. The van der Waals surface area contributed by atoms with Gasteiger partial charge >= 0.3 is 0 Å². The number of sulfone groups is 1. The SMILES string of the molecule is O=C(CCS(=O)(=O)c1ccccc1F)NCCc1ccc(Cl)cc1. The lowest BCUT2D eigenvalue weighted by molar-refractivity contribution is -0.120. The van der Waals surface area contributed by atoms with Crippen LogP contribution in [-0.2, 0) is 21.1 Å². The maximum absolute atomic E-state index is 13.5. The predicted octanol–water partition coefficient (Wildman–Crippen LogP) is 3.00. The molecule has 128 valence electrons. The smallest absolute Gasteiger partial charge is 0.221 e. The lowest BCUT2D eigenvalue weighted by Gasteiger charge is -2.07. The number of rotatable bonds is 7. The first-order valence-corrected chi connectivity index (χ1v) is 9.40. The highest BCUT2D eigenvalue weighted by Crippen LogP contribution is 2.16. The Hall–Kier alpha value is -1.92. The van der Waals surface area contributed by atoms with Gasteiger partial charge in [0, 0.05) is 18.0 Å². The Morgan fingerprint density at radius 2 is 1.75 bits per heavy atom. The summed E-state index contributed by atoms with van der Waals surface area (Å²) in [7, 11) is -3.82. The molecule has 0 spiro atoms. The first kappa shape index (κ1) is 18.4. The third-order valence-corrected chi connectivity index (χ3v) is 5.41. The van der Waals surface area contributed by atoms with E-state index in [-0.39, 0.29) is 17.2 Å². The molecule has 0 heterocycles. The topological polar surface area (TPSA) is 63.2 Å². The lowest BCUT2D eigenvalue weighted by atomic mass is 10.1. The fraction of sp³-hybridized carbons (Fsp3) is 0.235. The van der Waals surface area contributed by atoms with E-state index in [1.54, 1.807) is 12.1 Å². The second-order valence-electron chi connectivity index (χ2n) is 5.23. The van der Waals surface area contributed by atoms with E-state index in [9.17, 15) is 17.6 Å². The van der Waals surface area contributed by atoms with Gasteiger partial charge in [0.2, 0.25) is 5.91 Å². The molecule has 0 saturated heterocycles. The van der Waals surface area contributed by atoms with Crippen LogP contribution in [0.3, 0.4) is 0 Å². The summed E-state index contributed by atoms with van der Waals surface area (Å²) in [5.74, 6) is -1.62. The molecular formula is C17H17ClFNO3S. The molecule has 0 saturated carbocycles. The van der Waals surface area contributed by atoms with Crippen molar-refractivity contribution in [3.8, 4) is 0 Å². The van der Waals surface area contributed by atoms with Gasteiger partial charge in [-0.2, -0.15) is 0 Å². The second-order valence-corrected chi connectivity index (χ2v) is 7.74. The second kappa shape index (κ2) is 8.26. The van der Waals surface area contributed by atoms with E-state index in [0.29, 0.717) is 18.0 Å². The highest BCUT2D eigenvalue weighted by atomic mass is 35.5. The summed E-state index contributed by atoms with van der Waals surface area (Å²) in [5, 5.41) is 3.29. The molecule has 2 aromatic carbocycles. The average Bonchev–Trinajstić information content (AvgIpc) is 2.55. The van der Waals surface area contributed by atoms with Crippen molar-refractivity contribution < 1.29 is 17.6 Å². The highest BCUT2D eigenvalue weighted by molar-refractivity contribution is 7.91. The molecule has 24 heavy (non-hydrogen) atoms. The van der Waals surface area contributed by atoms with Gasteiger partial charge in [-0.25, -0.2) is 12.8 Å². The zero-order valence-corrected chi connectivity index (χ0v) is 14.4. The van der Waals surface area contributed by atoms with Gasteiger partial charge in [0.1, 0.15) is 10.7 Å². The Kier molecular flexibility index (Phi) is 6.34. The molecule has 2 aromatic rings. The van der Waals surface area contributed by atoms with E-state index in [2.05, 4.69) is 5.32 Å². The Bertz CT molecular complexity index is 807. The number of carbonyl (C=O) groups excluding carboxylic acids is 1. The van der Waals surface area contributed by atoms with Crippen molar-refractivity contribution >= 4 is 27.3 Å². The van der Waals surface area contributed by atoms with Crippen LogP contribution in [0.5, 0.6) is 0 Å². The highest BCUT2D eigenvalue weighted by Gasteiger charge is 2.19. The van der Waals surface area contributed by atoms with Gasteiger partial charge in [-0.1, -0.05) is 35.9 Å². The Morgan fingerprint density at radius 3 is 2.42 bits per heavy atom. The number of hydrogen-bond acceptors (Lipinski definition) is 3. The van der Waals surface area contributed by atoms with E-state index in [0.717, 1.165) is 11.6 Å². The van der Waals surface area contributed by atoms with E-state index in [1.807, 2.05) is 12.1 Å². The number of benzene rings is 2. The minimum atomic E-state index is -3.82. The summed E-state index contributed by atoms with van der Waals surface area (Å²) in [6.45, 7) is 0.389. The van der Waals surface area contributed by atoms with E-state index < -0.39 is 21.4 Å². The van der Waals surface area contributed by atoms with Crippen molar-refractivity contribution in [3.05, 3.63) is 64.9 Å². The van der Waals surface area contributed by atoms with Crippen LogP contribution >= 0.6 is 11.6 Å². The maximum Gasteiger partial charge on any atom is 0.221 e. The van der Waals surface area contributed by atoms with Gasteiger partial charge in [0.25, 0.3) is 0 Å². The third-order valence-electron chi connectivity index (χ3n) is 3.42. The molecule has 1 N–H and O–H groups in total. The van der Waals surface area contributed by atoms with Crippen LogP contribution in [-0.4, -0.2) is 26.6 Å². The minimum Gasteiger partial charge on any atom is -0.356 e. The zero-order valence-electron chi connectivity index (χ0n) is 12.8. The quantitative estimate of drug-likeness (QED) is 0.816.